The van der Waals surface area contributed by atoms with Gasteiger partial charge in [0.05, 0.1) is 20.0 Å². The normalized spacial score (nSPS) is 11.0. The minimum atomic E-state index is -0.714. The second-order valence-corrected chi connectivity index (χ2v) is 7.00. The van der Waals surface area contributed by atoms with Gasteiger partial charge in [-0.25, -0.2) is 4.39 Å². The van der Waals surface area contributed by atoms with Crippen LogP contribution in [-0.2, 0) is 5.75 Å². The third kappa shape index (κ3) is 2.95. The van der Waals surface area contributed by atoms with Crippen molar-refractivity contribution >= 4 is 39.2 Å². The number of aromatic hydroxyl groups is 1. The van der Waals surface area contributed by atoms with Crippen molar-refractivity contribution < 1.29 is 14.3 Å². The molecule has 0 aliphatic carbocycles. The van der Waals surface area contributed by atoms with E-state index in [9.17, 15) is 19.1 Å². The van der Waals surface area contributed by atoms with Crippen LogP contribution in [0.1, 0.15) is 15.9 Å². The van der Waals surface area contributed by atoms with Crippen LogP contribution >= 0.6 is 23.1 Å². The first kappa shape index (κ1) is 15.6. The number of thiophene rings is 1. The van der Waals surface area contributed by atoms with Crippen molar-refractivity contribution in [1.82, 2.24) is 4.98 Å². The SMILES string of the molecule is NC(=O)c1c(SCc2ccccc2F)sc2c(O)cc(=O)[nH]c12. The van der Waals surface area contributed by atoms with Crippen molar-refractivity contribution in [2.45, 2.75) is 9.96 Å². The molecule has 8 heteroatoms. The van der Waals surface area contributed by atoms with Crippen molar-refractivity contribution in [3.8, 4) is 5.75 Å². The highest BCUT2D eigenvalue weighted by Crippen LogP contribution is 2.41. The Bertz CT molecular complexity index is 965. The Hall–Kier alpha value is -2.32. The topological polar surface area (TPSA) is 96.2 Å². The molecule has 0 saturated heterocycles. The summed E-state index contributed by atoms with van der Waals surface area (Å²) < 4.78 is 14.6. The molecule has 0 radical (unpaired) electrons. The molecule has 0 spiro atoms. The molecule has 0 bridgehead atoms. The third-order valence-corrected chi connectivity index (χ3v) is 5.72. The van der Waals surface area contributed by atoms with E-state index in [-0.39, 0.29) is 22.6 Å². The first-order chi connectivity index (χ1) is 11.0. The highest BCUT2D eigenvalue weighted by molar-refractivity contribution is 8.00. The predicted octanol–water partition coefficient (Wildman–Crippen LogP) is 2.83. The monoisotopic (exact) mass is 350 g/mol. The molecule has 4 N–H and O–H groups in total. The van der Waals surface area contributed by atoms with Crippen molar-refractivity contribution in [1.29, 1.82) is 0 Å². The number of halogens is 1. The number of pyridine rings is 1. The average molecular weight is 350 g/mol. The lowest BCUT2D eigenvalue weighted by Gasteiger charge is -2.03. The molecule has 3 rings (SSSR count). The number of carbonyl (C=O) groups excluding carboxylic acids is 1. The van der Waals surface area contributed by atoms with E-state index in [2.05, 4.69) is 4.98 Å². The molecular weight excluding hydrogens is 339 g/mol. The fourth-order valence-electron chi connectivity index (χ4n) is 2.14. The second-order valence-electron chi connectivity index (χ2n) is 4.73. The van der Waals surface area contributed by atoms with Gasteiger partial charge in [0.15, 0.2) is 0 Å². The van der Waals surface area contributed by atoms with E-state index in [1.807, 2.05) is 0 Å². The van der Waals surface area contributed by atoms with E-state index in [1.54, 1.807) is 18.2 Å². The number of nitrogens with one attached hydrogen (secondary N) is 1. The zero-order valence-electron chi connectivity index (χ0n) is 11.6. The van der Waals surface area contributed by atoms with Gasteiger partial charge in [0, 0.05) is 11.8 Å². The predicted molar refractivity (Wildman–Crippen MR) is 88.6 cm³/mol. The van der Waals surface area contributed by atoms with Gasteiger partial charge < -0.3 is 15.8 Å². The lowest BCUT2D eigenvalue weighted by atomic mass is 10.2. The number of nitrogens with two attached hydrogens (primary N) is 1. The van der Waals surface area contributed by atoms with Gasteiger partial charge in [-0.1, -0.05) is 18.2 Å². The van der Waals surface area contributed by atoms with E-state index in [0.29, 0.717) is 20.2 Å². The molecular formula is C15H11FN2O3S2. The molecule has 2 heterocycles. The second kappa shape index (κ2) is 6.05. The van der Waals surface area contributed by atoms with Crippen molar-refractivity contribution in [2.24, 2.45) is 5.73 Å². The summed E-state index contributed by atoms with van der Waals surface area (Å²) >= 11 is 2.36. The van der Waals surface area contributed by atoms with Crippen molar-refractivity contribution in [3.63, 3.8) is 0 Å². The summed E-state index contributed by atoms with van der Waals surface area (Å²) in [5, 5.41) is 9.87. The number of hydrogen-bond acceptors (Lipinski definition) is 5. The molecule has 118 valence electrons. The van der Waals surface area contributed by atoms with Crippen LogP contribution in [0.2, 0.25) is 0 Å². The number of fused-ring (bicyclic) bond motifs is 1. The summed E-state index contributed by atoms with van der Waals surface area (Å²) in [7, 11) is 0. The number of benzene rings is 1. The number of amides is 1. The van der Waals surface area contributed by atoms with Crippen LogP contribution in [0.5, 0.6) is 5.75 Å². The molecule has 0 saturated carbocycles. The molecule has 0 atom stereocenters. The van der Waals surface area contributed by atoms with E-state index in [0.717, 1.165) is 17.4 Å². The van der Waals surface area contributed by atoms with Gasteiger partial charge in [-0.05, 0) is 11.6 Å². The Morgan fingerprint density at radius 3 is 2.83 bits per heavy atom. The Kier molecular flexibility index (Phi) is 4.10. The Labute approximate surface area is 138 Å². The first-order valence-electron chi connectivity index (χ1n) is 6.52. The number of aromatic amines is 1. The molecule has 0 fully saturated rings. The third-order valence-electron chi connectivity index (χ3n) is 3.19. The van der Waals surface area contributed by atoms with Crippen LogP contribution in [-0.4, -0.2) is 16.0 Å². The fraction of sp³-hybridized carbons (Fsp3) is 0.0667. The maximum atomic E-state index is 13.7. The van der Waals surface area contributed by atoms with E-state index >= 15 is 0 Å². The molecule has 2 aromatic heterocycles. The maximum Gasteiger partial charge on any atom is 0.252 e. The summed E-state index contributed by atoms with van der Waals surface area (Å²) in [6.45, 7) is 0. The molecule has 3 aromatic rings. The van der Waals surface area contributed by atoms with Gasteiger partial charge in [-0.3, -0.25) is 9.59 Å². The largest absolute Gasteiger partial charge is 0.506 e. The number of H-pyrrole nitrogens is 1. The van der Waals surface area contributed by atoms with Gasteiger partial charge in [0.1, 0.15) is 11.6 Å². The average Bonchev–Trinajstić information content (AvgIpc) is 2.85. The molecule has 1 amide bonds. The van der Waals surface area contributed by atoms with Gasteiger partial charge in [-0.2, -0.15) is 0 Å². The molecule has 0 aliphatic rings. The minimum Gasteiger partial charge on any atom is -0.506 e. The van der Waals surface area contributed by atoms with Crippen LogP contribution < -0.4 is 11.3 Å². The molecule has 1 aromatic carbocycles. The van der Waals surface area contributed by atoms with Crippen LogP contribution in [0.15, 0.2) is 39.3 Å². The van der Waals surface area contributed by atoms with E-state index < -0.39 is 11.5 Å². The number of thioether (sulfide) groups is 1. The maximum absolute atomic E-state index is 13.7. The summed E-state index contributed by atoms with van der Waals surface area (Å²) in [6.07, 6.45) is 0. The van der Waals surface area contributed by atoms with Crippen LogP contribution in [0, 0.1) is 5.82 Å². The fourth-order valence-corrected chi connectivity index (χ4v) is 4.58. The quantitative estimate of drug-likeness (QED) is 0.631. The van der Waals surface area contributed by atoms with Gasteiger partial charge in [0.2, 0.25) is 0 Å². The summed E-state index contributed by atoms with van der Waals surface area (Å²) in [5.74, 6) is -0.967. The number of carbonyl (C=O) groups is 1. The highest BCUT2D eigenvalue weighted by atomic mass is 32.2. The Morgan fingerprint density at radius 1 is 1.39 bits per heavy atom. The number of hydrogen-bond donors (Lipinski definition) is 3. The van der Waals surface area contributed by atoms with Crippen LogP contribution in [0.3, 0.4) is 0 Å². The van der Waals surface area contributed by atoms with Crippen molar-refractivity contribution in [3.05, 3.63) is 57.6 Å². The molecule has 0 unspecified atom stereocenters. The summed E-state index contributed by atoms with van der Waals surface area (Å²) in [6, 6.07) is 7.37. The van der Waals surface area contributed by atoms with Crippen LogP contribution in [0.25, 0.3) is 10.2 Å². The summed E-state index contributed by atoms with van der Waals surface area (Å²) in [4.78, 5) is 25.7. The number of rotatable bonds is 4. The lowest BCUT2D eigenvalue weighted by Crippen LogP contribution is -2.13. The van der Waals surface area contributed by atoms with Gasteiger partial charge >= 0.3 is 0 Å². The minimum absolute atomic E-state index is 0.138. The Morgan fingerprint density at radius 2 is 2.13 bits per heavy atom. The molecule has 5 nitrogen and oxygen atoms in total. The van der Waals surface area contributed by atoms with Gasteiger partial charge in [-0.15, -0.1) is 23.1 Å². The highest BCUT2D eigenvalue weighted by Gasteiger charge is 2.20. The zero-order valence-corrected chi connectivity index (χ0v) is 13.3. The van der Waals surface area contributed by atoms with Crippen molar-refractivity contribution in [2.75, 3.05) is 0 Å². The van der Waals surface area contributed by atoms with Gasteiger partial charge in [0.25, 0.3) is 11.5 Å². The molecule has 23 heavy (non-hydrogen) atoms. The van der Waals surface area contributed by atoms with E-state index in [4.69, 9.17) is 5.73 Å². The zero-order chi connectivity index (χ0) is 16.6. The molecule has 0 aliphatic heterocycles. The first-order valence-corrected chi connectivity index (χ1v) is 8.32. The smallest absolute Gasteiger partial charge is 0.252 e. The number of primary amides is 1. The lowest BCUT2D eigenvalue weighted by molar-refractivity contribution is 0.0999. The summed E-state index contributed by atoms with van der Waals surface area (Å²) in [5.41, 5.74) is 5.71. The van der Waals surface area contributed by atoms with E-state index in [1.165, 1.54) is 17.8 Å². The Balaban J connectivity index is 2.05. The van der Waals surface area contributed by atoms with Crippen LogP contribution in [0.4, 0.5) is 4.39 Å². The number of aromatic nitrogens is 1. The standard InChI is InChI=1S/C15H11FN2O3S2/c16-8-4-2-1-3-7(8)6-22-15-11(14(17)21)12-13(23-15)9(19)5-10(20)18-12/h1-5H,6H2,(H2,17,21)(H2,18,19,20).